The van der Waals surface area contributed by atoms with Crippen LogP contribution in [0.4, 0.5) is 0 Å². The maximum absolute atomic E-state index is 12.0. The Labute approximate surface area is 189 Å². The van der Waals surface area contributed by atoms with Gasteiger partial charge in [0.1, 0.15) is 5.76 Å². The molecule has 5 nitrogen and oxygen atoms in total. The Morgan fingerprint density at radius 1 is 1.16 bits per heavy atom. The smallest absolute Gasteiger partial charge is 0.310 e. The van der Waals surface area contributed by atoms with E-state index in [9.17, 15) is 14.7 Å². The van der Waals surface area contributed by atoms with Crippen molar-refractivity contribution in [3.63, 3.8) is 0 Å². The number of allylic oxidation sites excluding steroid dienone is 3. The van der Waals surface area contributed by atoms with Gasteiger partial charge in [-0.25, -0.2) is 0 Å². The standard InChI is InChI=1S/C25H34O5S/c1-3-10-24(28)30-22-17-15-20(14-16-21(26)19-11-6-4-7-12-19)25(22)31-18-9-5-8-13-23(27)29-2/h4,6-7,11-12,14,16,20-21,26H,3,5,8-10,13,15,17-18H2,1-2H3/b16-14+. The minimum absolute atomic E-state index is 0.142. The lowest BCUT2D eigenvalue weighted by Gasteiger charge is -2.13. The molecule has 1 aliphatic rings. The first kappa shape index (κ1) is 25.2. The summed E-state index contributed by atoms with van der Waals surface area (Å²) in [6.07, 6.45) is 9.20. The number of aliphatic hydroxyl groups excluding tert-OH is 1. The fourth-order valence-electron chi connectivity index (χ4n) is 3.45. The average molecular weight is 447 g/mol. The van der Waals surface area contributed by atoms with Gasteiger partial charge in [0.25, 0.3) is 0 Å². The fraction of sp³-hybridized carbons (Fsp3) is 0.520. The molecule has 6 heteroatoms. The molecule has 1 N–H and O–H groups in total. The highest BCUT2D eigenvalue weighted by Crippen LogP contribution is 2.41. The number of unbranched alkanes of at least 4 members (excludes halogenated alkanes) is 2. The van der Waals surface area contributed by atoms with Crippen molar-refractivity contribution in [2.75, 3.05) is 12.9 Å². The predicted molar refractivity (Wildman–Crippen MR) is 124 cm³/mol. The average Bonchev–Trinajstić information content (AvgIpc) is 3.16. The van der Waals surface area contributed by atoms with E-state index in [-0.39, 0.29) is 17.9 Å². The topological polar surface area (TPSA) is 72.8 Å². The number of aliphatic hydroxyl groups is 1. The van der Waals surface area contributed by atoms with E-state index in [0.29, 0.717) is 12.8 Å². The third-order valence-electron chi connectivity index (χ3n) is 5.16. The molecule has 2 rings (SSSR count). The molecule has 0 aliphatic heterocycles. The molecule has 1 aromatic rings. The van der Waals surface area contributed by atoms with Crippen LogP contribution in [0.25, 0.3) is 0 Å². The van der Waals surface area contributed by atoms with Crippen LogP contribution in [0.3, 0.4) is 0 Å². The van der Waals surface area contributed by atoms with Crippen molar-refractivity contribution in [1.29, 1.82) is 0 Å². The summed E-state index contributed by atoms with van der Waals surface area (Å²) in [6, 6.07) is 9.56. The Kier molecular flexibility index (Phi) is 11.5. The van der Waals surface area contributed by atoms with E-state index >= 15 is 0 Å². The lowest BCUT2D eigenvalue weighted by Crippen LogP contribution is -2.04. The largest absolute Gasteiger partial charge is 0.469 e. The first-order valence-electron chi connectivity index (χ1n) is 11.1. The van der Waals surface area contributed by atoms with Crippen LogP contribution in [0, 0.1) is 5.92 Å². The van der Waals surface area contributed by atoms with Gasteiger partial charge in [0.15, 0.2) is 0 Å². The lowest BCUT2D eigenvalue weighted by molar-refractivity contribution is -0.141. The van der Waals surface area contributed by atoms with E-state index in [1.807, 2.05) is 49.4 Å². The van der Waals surface area contributed by atoms with Gasteiger partial charge in [-0.15, -0.1) is 11.8 Å². The number of thioether (sulfide) groups is 1. The first-order chi connectivity index (χ1) is 15.0. The van der Waals surface area contributed by atoms with Gasteiger partial charge in [-0.05, 0) is 37.0 Å². The van der Waals surface area contributed by atoms with Crippen LogP contribution < -0.4 is 0 Å². The number of ether oxygens (including phenoxy) is 2. The summed E-state index contributed by atoms with van der Waals surface area (Å²) in [4.78, 5) is 24.3. The second kappa shape index (κ2) is 14.1. The molecule has 0 bridgehead atoms. The van der Waals surface area contributed by atoms with Crippen molar-refractivity contribution in [2.24, 2.45) is 5.92 Å². The van der Waals surface area contributed by atoms with Gasteiger partial charge in [-0.3, -0.25) is 9.59 Å². The van der Waals surface area contributed by atoms with Gasteiger partial charge in [-0.2, -0.15) is 0 Å². The summed E-state index contributed by atoms with van der Waals surface area (Å²) in [7, 11) is 1.41. The molecule has 0 saturated carbocycles. The van der Waals surface area contributed by atoms with Crippen molar-refractivity contribution in [2.45, 2.75) is 64.4 Å². The Balaban J connectivity index is 1.97. The molecule has 31 heavy (non-hydrogen) atoms. The van der Waals surface area contributed by atoms with Crippen LogP contribution in [0.5, 0.6) is 0 Å². The Bertz CT molecular complexity index is 756. The molecule has 0 aromatic heterocycles. The Hall–Kier alpha value is -2.05. The SMILES string of the molecule is CCCC(=O)OC1=C(SCCCCCC(=O)OC)C(/C=C/C(O)c2ccccc2)CC1. The van der Waals surface area contributed by atoms with Crippen molar-refractivity contribution in [3.8, 4) is 0 Å². The van der Waals surface area contributed by atoms with E-state index in [4.69, 9.17) is 4.74 Å². The van der Waals surface area contributed by atoms with E-state index < -0.39 is 6.10 Å². The van der Waals surface area contributed by atoms with E-state index in [2.05, 4.69) is 4.74 Å². The van der Waals surface area contributed by atoms with Gasteiger partial charge in [0, 0.05) is 30.1 Å². The summed E-state index contributed by atoms with van der Waals surface area (Å²) in [5, 5.41) is 10.5. The molecule has 0 amide bonds. The number of hydrogen-bond acceptors (Lipinski definition) is 6. The molecule has 0 saturated heterocycles. The molecule has 170 valence electrons. The number of methoxy groups -OCH3 is 1. The van der Waals surface area contributed by atoms with Crippen molar-refractivity contribution in [1.82, 2.24) is 0 Å². The summed E-state index contributed by atoms with van der Waals surface area (Å²) in [5.41, 5.74) is 0.857. The monoisotopic (exact) mass is 446 g/mol. The van der Waals surface area contributed by atoms with Crippen molar-refractivity contribution >= 4 is 23.7 Å². The zero-order valence-electron chi connectivity index (χ0n) is 18.5. The molecule has 1 aliphatic carbocycles. The zero-order valence-corrected chi connectivity index (χ0v) is 19.4. The third-order valence-corrected chi connectivity index (χ3v) is 6.50. The molecule has 0 radical (unpaired) electrons. The molecule has 0 heterocycles. The minimum atomic E-state index is -0.655. The summed E-state index contributed by atoms with van der Waals surface area (Å²) in [5.74, 6) is 1.47. The van der Waals surface area contributed by atoms with Gasteiger partial charge in [0.2, 0.25) is 0 Å². The molecule has 0 spiro atoms. The Morgan fingerprint density at radius 2 is 1.94 bits per heavy atom. The minimum Gasteiger partial charge on any atom is -0.469 e. The Morgan fingerprint density at radius 3 is 2.65 bits per heavy atom. The highest BCUT2D eigenvalue weighted by Gasteiger charge is 2.27. The van der Waals surface area contributed by atoms with Crippen molar-refractivity contribution in [3.05, 3.63) is 58.7 Å². The number of rotatable bonds is 13. The van der Waals surface area contributed by atoms with Crippen LogP contribution >= 0.6 is 11.8 Å². The molecular weight excluding hydrogens is 412 g/mol. The van der Waals surface area contributed by atoms with Crippen LogP contribution in [-0.4, -0.2) is 29.9 Å². The molecule has 0 fully saturated rings. The molecular formula is C25H34O5S. The highest BCUT2D eigenvalue weighted by molar-refractivity contribution is 8.03. The number of hydrogen-bond donors (Lipinski definition) is 1. The number of carbonyl (C=O) groups is 2. The summed E-state index contributed by atoms with van der Waals surface area (Å²) < 4.78 is 10.3. The first-order valence-corrected chi connectivity index (χ1v) is 12.1. The van der Waals surface area contributed by atoms with Crippen LogP contribution in [-0.2, 0) is 19.1 Å². The van der Waals surface area contributed by atoms with E-state index in [1.54, 1.807) is 11.8 Å². The number of benzene rings is 1. The highest BCUT2D eigenvalue weighted by atomic mass is 32.2. The van der Waals surface area contributed by atoms with Gasteiger partial charge in [-0.1, -0.05) is 55.8 Å². The summed E-state index contributed by atoms with van der Waals surface area (Å²) >= 11 is 1.73. The van der Waals surface area contributed by atoms with Crippen LogP contribution in [0.15, 0.2) is 53.1 Å². The van der Waals surface area contributed by atoms with Gasteiger partial charge >= 0.3 is 11.9 Å². The van der Waals surface area contributed by atoms with Crippen LogP contribution in [0.2, 0.25) is 0 Å². The maximum atomic E-state index is 12.0. The van der Waals surface area contributed by atoms with E-state index in [0.717, 1.165) is 60.5 Å². The predicted octanol–water partition coefficient (Wildman–Crippen LogP) is 5.71. The van der Waals surface area contributed by atoms with Crippen LogP contribution in [0.1, 0.15) is 70.0 Å². The number of carbonyl (C=O) groups excluding carboxylic acids is 2. The molecule has 2 unspecified atom stereocenters. The molecule has 1 aromatic carbocycles. The van der Waals surface area contributed by atoms with Gasteiger partial charge in [0.05, 0.1) is 13.2 Å². The van der Waals surface area contributed by atoms with Gasteiger partial charge < -0.3 is 14.6 Å². The third kappa shape index (κ3) is 8.91. The zero-order chi connectivity index (χ0) is 22.5. The summed E-state index contributed by atoms with van der Waals surface area (Å²) in [6.45, 7) is 1.96. The fourth-order valence-corrected chi connectivity index (χ4v) is 4.73. The maximum Gasteiger partial charge on any atom is 0.310 e. The molecule has 2 atom stereocenters. The quantitative estimate of drug-likeness (QED) is 0.238. The van der Waals surface area contributed by atoms with E-state index in [1.165, 1.54) is 7.11 Å². The number of esters is 2. The normalized spacial score (nSPS) is 17.2. The second-order valence-corrected chi connectivity index (χ2v) is 8.77. The van der Waals surface area contributed by atoms with Crippen molar-refractivity contribution < 1.29 is 24.2 Å². The lowest BCUT2D eigenvalue weighted by atomic mass is 10.0. The second-order valence-electron chi connectivity index (χ2n) is 7.63.